The Morgan fingerprint density at radius 2 is 2.22 bits per heavy atom. The molecule has 102 valence electrons. The minimum Gasteiger partial charge on any atom is -0.356 e. The Morgan fingerprint density at radius 1 is 1.50 bits per heavy atom. The number of thiophene rings is 1. The van der Waals surface area contributed by atoms with Crippen LogP contribution in [0.15, 0.2) is 21.7 Å². The molecular formula is C11H18N2O3S2. The summed E-state index contributed by atoms with van der Waals surface area (Å²) in [6.45, 7) is 2.80. The summed E-state index contributed by atoms with van der Waals surface area (Å²) in [5, 5.41) is 4.41. The Bertz CT molecular complexity index is 468. The van der Waals surface area contributed by atoms with Crippen LogP contribution < -0.4 is 5.32 Å². The lowest BCUT2D eigenvalue weighted by atomic mass is 10.3. The molecule has 0 atom stereocenters. The van der Waals surface area contributed by atoms with Crippen LogP contribution in [0.3, 0.4) is 0 Å². The largest absolute Gasteiger partial charge is 0.356 e. The van der Waals surface area contributed by atoms with Crippen molar-refractivity contribution in [1.29, 1.82) is 0 Å². The molecule has 1 N–H and O–H groups in total. The Hall–Kier alpha value is -0.920. The minimum absolute atomic E-state index is 0.0422. The second kappa shape index (κ2) is 6.86. The molecule has 1 rings (SSSR count). The Balaban J connectivity index is 2.46. The molecule has 0 spiro atoms. The molecule has 0 bridgehead atoms. The van der Waals surface area contributed by atoms with E-state index in [0.29, 0.717) is 30.1 Å². The molecule has 0 saturated carbocycles. The van der Waals surface area contributed by atoms with Crippen molar-refractivity contribution in [2.45, 2.75) is 24.0 Å². The highest BCUT2D eigenvalue weighted by molar-refractivity contribution is 7.91. The van der Waals surface area contributed by atoms with Gasteiger partial charge in [-0.05, 0) is 24.8 Å². The molecule has 0 fully saturated rings. The number of nitrogens with zero attached hydrogens (tertiary/aromatic N) is 1. The van der Waals surface area contributed by atoms with Crippen LogP contribution in [0.5, 0.6) is 0 Å². The fourth-order valence-electron chi connectivity index (χ4n) is 1.43. The van der Waals surface area contributed by atoms with E-state index in [-0.39, 0.29) is 5.91 Å². The zero-order valence-electron chi connectivity index (χ0n) is 10.5. The van der Waals surface area contributed by atoms with Gasteiger partial charge in [0, 0.05) is 26.6 Å². The summed E-state index contributed by atoms with van der Waals surface area (Å²) < 4.78 is 25.7. The van der Waals surface area contributed by atoms with E-state index in [1.807, 2.05) is 6.92 Å². The quantitative estimate of drug-likeness (QED) is 0.822. The zero-order chi connectivity index (χ0) is 13.6. The highest BCUT2D eigenvalue weighted by Gasteiger charge is 2.21. The van der Waals surface area contributed by atoms with E-state index in [4.69, 9.17) is 0 Å². The average Bonchev–Trinajstić information content (AvgIpc) is 2.83. The summed E-state index contributed by atoms with van der Waals surface area (Å²) in [6.07, 6.45) is 0.866. The molecule has 0 unspecified atom stereocenters. The van der Waals surface area contributed by atoms with Crippen LogP contribution in [-0.2, 0) is 14.8 Å². The summed E-state index contributed by atoms with van der Waals surface area (Å²) in [5.74, 6) is -0.0422. The molecule has 7 heteroatoms. The van der Waals surface area contributed by atoms with Crippen molar-refractivity contribution < 1.29 is 13.2 Å². The molecule has 1 amide bonds. The van der Waals surface area contributed by atoms with Gasteiger partial charge in [0.05, 0.1) is 0 Å². The van der Waals surface area contributed by atoms with E-state index in [1.165, 1.54) is 22.7 Å². The first-order chi connectivity index (χ1) is 8.48. The first-order valence-corrected chi connectivity index (χ1v) is 8.07. The second-order valence-electron chi connectivity index (χ2n) is 3.82. The van der Waals surface area contributed by atoms with E-state index in [2.05, 4.69) is 5.32 Å². The molecule has 1 aromatic rings. The van der Waals surface area contributed by atoms with Gasteiger partial charge in [-0.15, -0.1) is 11.3 Å². The van der Waals surface area contributed by atoms with Crippen molar-refractivity contribution in [3.05, 3.63) is 17.5 Å². The van der Waals surface area contributed by atoms with Crippen molar-refractivity contribution in [2.75, 3.05) is 20.1 Å². The molecular weight excluding hydrogens is 272 g/mol. The molecule has 18 heavy (non-hydrogen) atoms. The van der Waals surface area contributed by atoms with Crippen LogP contribution in [0.25, 0.3) is 0 Å². The molecule has 1 heterocycles. The van der Waals surface area contributed by atoms with Crippen LogP contribution in [0.2, 0.25) is 0 Å². The van der Waals surface area contributed by atoms with Gasteiger partial charge in [0.1, 0.15) is 4.21 Å². The molecule has 0 aliphatic carbocycles. The van der Waals surface area contributed by atoms with E-state index in [0.717, 1.165) is 0 Å². The standard InChI is InChI=1S/C11H18N2O3S2/c1-3-12-10(14)6-4-8-13(2)18(15,16)11-7-5-9-17-11/h5,7,9H,3-4,6,8H2,1-2H3,(H,12,14). The Morgan fingerprint density at radius 3 is 2.78 bits per heavy atom. The third-order valence-electron chi connectivity index (χ3n) is 2.41. The average molecular weight is 290 g/mol. The normalized spacial score (nSPS) is 11.7. The predicted octanol–water partition coefficient (Wildman–Crippen LogP) is 1.28. The number of sulfonamides is 1. The van der Waals surface area contributed by atoms with Gasteiger partial charge in [-0.3, -0.25) is 4.79 Å². The lowest BCUT2D eigenvalue weighted by Gasteiger charge is -2.15. The van der Waals surface area contributed by atoms with Gasteiger partial charge in [-0.25, -0.2) is 12.7 Å². The number of hydrogen-bond donors (Lipinski definition) is 1. The Labute approximate surface area is 112 Å². The molecule has 0 aromatic carbocycles. The van der Waals surface area contributed by atoms with Gasteiger partial charge in [-0.1, -0.05) is 6.07 Å². The van der Waals surface area contributed by atoms with E-state index < -0.39 is 10.0 Å². The van der Waals surface area contributed by atoms with Crippen LogP contribution in [0, 0.1) is 0 Å². The third kappa shape index (κ3) is 4.08. The highest BCUT2D eigenvalue weighted by Crippen LogP contribution is 2.19. The monoisotopic (exact) mass is 290 g/mol. The molecule has 0 saturated heterocycles. The van der Waals surface area contributed by atoms with Crippen molar-refractivity contribution in [1.82, 2.24) is 9.62 Å². The van der Waals surface area contributed by atoms with Crippen molar-refractivity contribution in [2.24, 2.45) is 0 Å². The SMILES string of the molecule is CCNC(=O)CCCN(C)S(=O)(=O)c1cccs1. The number of rotatable bonds is 7. The number of nitrogens with one attached hydrogen (secondary N) is 1. The molecule has 1 aromatic heterocycles. The van der Waals surface area contributed by atoms with E-state index in [9.17, 15) is 13.2 Å². The maximum atomic E-state index is 12.0. The molecule has 5 nitrogen and oxygen atoms in total. The first-order valence-electron chi connectivity index (χ1n) is 5.75. The van der Waals surface area contributed by atoms with Crippen molar-refractivity contribution in [3.63, 3.8) is 0 Å². The lowest BCUT2D eigenvalue weighted by Crippen LogP contribution is -2.29. The highest BCUT2D eigenvalue weighted by atomic mass is 32.2. The third-order valence-corrected chi connectivity index (χ3v) is 5.64. The van der Waals surface area contributed by atoms with Gasteiger partial charge in [0.2, 0.25) is 5.91 Å². The van der Waals surface area contributed by atoms with Gasteiger partial charge in [0.15, 0.2) is 0 Å². The van der Waals surface area contributed by atoms with Gasteiger partial charge >= 0.3 is 0 Å². The Kier molecular flexibility index (Phi) is 5.77. The summed E-state index contributed by atoms with van der Waals surface area (Å²) >= 11 is 1.20. The van der Waals surface area contributed by atoms with Crippen molar-refractivity contribution in [3.8, 4) is 0 Å². The molecule has 0 aliphatic heterocycles. The fraction of sp³-hybridized carbons (Fsp3) is 0.545. The maximum absolute atomic E-state index is 12.0. The summed E-state index contributed by atoms with van der Waals surface area (Å²) in [4.78, 5) is 11.2. The van der Waals surface area contributed by atoms with E-state index in [1.54, 1.807) is 17.5 Å². The van der Waals surface area contributed by atoms with Gasteiger partial charge in [-0.2, -0.15) is 0 Å². The van der Waals surface area contributed by atoms with Gasteiger partial charge < -0.3 is 5.32 Å². The summed E-state index contributed by atoms with van der Waals surface area (Å²) in [6, 6.07) is 3.29. The van der Waals surface area contributed by atoms with Crippen LogP contribution in [0.1, 0.15) is 19.8 Å². The van der Waals surface area contributed by atoms with Crippen LogP contribution in [-0.4, -0.2) is 38.8 Å². The summed E-state index contributed by atoms with van der Waals surface area (Å²) in [5.41, 5.74) is 0. The van der Waals surface area contributed by atoms with Crippen molar-refractivity contribution >= 4 is 27.3 Å². The number of carbonyl (C=O) groups excluding carboxylic acids is 1. The number of amides is 1. The topological polar surface area (TPSA) is 66.5 Å². The smallest absolute Gasteiger partial charge is 0.252 e. The van der Waals surface area contributed by atoms with E-state index >= 15 is 0 Å². The molecule has 0 radical (unpaired) electrons. The first kappa shape index (κ1) is 15.1. The summed E-state index contributed by atoms with van der Waals surface area (Å²) in [7, 11) is -1.85. The minimum atomic E-state index is -3.39. The maximum Gasteiger partial charge on any atom is 0.252 e. The molecule has 0 aliphatic rings. The van der Waals surface area contributed by atoms with Crippen LogP contribution in [0.4, 0.5) is 0 Å². The zero-order valence-corrected chi connectivity index (χ0v) is 12.2. The lowest BCUT2D eigenvalue weighted by molar-refractivity contribution is -0.121. The number of carbonyl (C=O) groups is 1. The second-order valence-corrected chi connectivity index (χ2v) is 7.04. The fourth-order valence-corrected chi connectivity index (χ4v) is 3.84. The van der Waals surface area contributed by atoms with Crippen LogP contribution >= 0.6 is 11.3 Å². The van der Waals surface area contributed by atoms with Gasteiger partial charge in [0.25, 0.3) is 10.0 Å². The predicted molar refractivity (Wildman–Crippen MR) is 72.1 cm³/mol. The number of hydrogen-bond acceptors (Lipinski definition) is 4.